The molecule has 0 saturated heterocycles. The summed E-state index contributed by atoms with van der Waals surface area (Å²) < 4.78 is 19.8. The topological polar surface area (TPSA) is 71.1 Å². The summed E-state index contributed by atoms with van der Waals surface area (Å²) in [5, 5.41) is 0. The van der Waals surface area contributed by atoms with E-state index in [4.69, 9.17) is 18.9 Å². The lowest BCUT2D eigenvalue weighted by Gasteiger charge is -2.11. The number of rotatable bonds is 10. The van der Waals surface area contributed by atoms with Gasteiger partial charge in [0.15, 0.2) is 0 Å². The minimum atomic E-state index is -0.249. The number of esters is 2. The molecule has 0 spiro atoms. The quantitative estimate of drug-likeness (QED) is 0.455. The van der Waals surface area contributed by atoms with E-state index in [1.807, 2.05) is 13.8 Å². The summed E-state index contributed by atoms with van der Waals surface area (Å²) in [6.07, 6.45) is 2.99. The maximum Gasteiger partial charge on any atom is 0.302 e. The molecule has 0 saturated carbocycles. The smallest absolute Gasteiger partial charge is 0.302 e. The highest BCUT2D eigenvalue weighted by Crippen LogP contribution is 1.95. The highest BCUT2D eigenvalue weighted by atomic mass is 16.6. The number of unbranched alkanes of at least 4 members (excludes halogenated alkanes) is 1. The minimum Gasteiger partial charge on any atom is -0.466 e. The molecule has 2 unspecified atom stereocenters. The van der Waals surface area contributed by atoms with Crippen molar-refractivity contribution in [3.05, 3.63) is 0 Å². The Morgan fingerprint density at radius 2 is 1.64 bits per heavy atom. The third kappa shape index (κ3) is 21.2. The van der Waals surface area contributed by atoms with E-state index < -0.39 is 0 Å². The third-order valence-corrected chi connectivity index (χ3v) is 2.59. The maximum absolute atomic E-state index is 10.5. The summed E-state index contributed by atoms with van der Waals surface area (Å²) in [5.74, 6) is -0.482. The summed E-state index contributed by atoms with van der Waals surface area (Å²) in [4.78, 5) is 20.7. The fourth-order valence-electron chi connectivity index (χ4n) is 1.30. The van der Waals surface area contributed by atoms with Crippen LogP contribution in [0.5, 0.6) is 0 Å². The number of carbonyl (C=O) groups is 2. The normalized spacial score (nSPS) is 12.6. The molecule has 0 radical (unpaired) electrons. The molecule has 0 heterocycles. The fraction of sp³-hybridized carbons (Fsp3) is 0.875. The van der Waals surface area contributed by atoms with Crippen LogP contribution in [0, 0.1) is 0 Å². The Labute approximate surface area is 134 Å². The van der Waals surface area contributed by atoms with Gasteiger partial charge in [-0.25, -0.2) is 0 Å². The molecule has 0 aliphatic carbocycles. The van der Waals surface area contributed by atoms with Crippen molar-refractivity contribution in [2.24, 2.45) is 0 Å². The molecular weight excluding hydrogens is 288 g/mol. The summed E-state index contributed by atoms with van der Waals surface area (Å²) in [5.41, 5.74) is 0. The molecule has 0 aliphatic rings. The lowest BCUT2D eigenvalue weighted by Crippen LogP contribution is -2.18. The Morgan fingerprint density at radius 3 is 2.09 bits per heavy atom. The maximum atomic E-state index is 10.5. The van der Waals surface area contributed by atoms with Crippen LogP contribution in [-0.2, 0) is 28.5 Å². The van der Waals surface area contributed by atoms with Gasteiger partial charge < -0.3 is 18.9 Å². The van der Waals surface area contributed by atoms with Crippen molar-refractivity contribution < 1.29 is 28.5 Å². The van der Waals surface area contributed by atoms with Gasteiger partial charge in [-0.1, -0.05) is 13.3 Å². The van der Waals surface area contributed by atoms with E-state index in [0.29, 0.717) is 13.2 Å². The molecule has 0 amide bonds. The Hall–Kier alpha value is -1.14. The Kier molecular flexibility index (Phi) is 17.1. The first-order valence-corrected chi connectivity index (χ1v) is 7.74. The lowest BCUT2D eigenvalue weighted by atomic mass is 10.3. The predicted molar refractivity (Wildman–Crippen MR) is 84.7 cm³/mol. The van der Waals surface area contributed by atoms with E-state index in [0.717, 1.165) is 25.9 Å². The molecule has 0 fully saturated rings. The number of ether oxygens (including phenoxy) is 4. The van der Waals surface area contributed by atoms with Crippen LogP contribution in [0.4, 0.5) is 0 Å². The Balaban J connectivity index is 0. The predicted octanol–water partition coefficient (Wildman–Crippen LogP) is 2.73. The molecule has 0 bridgehead atoms. The van der Waals surface area contributed by atoms with Gasteiger partial charge in [0.1, 0.15) is 6.10 Å². The zero-order valence-electron chi connectivity index (χ0n) is 14.8. The molecule has 0 rings (SSSR count). The number of methoxy groups -OCH3 is 1. The van der Waals surface area contributed by atoms with Gasteiger partial charge in [-0.15, -0.1) is 0 Å². The molecule has 132 valence electrons. The van der Waals surface area contributed by atoms with Crippen LogP contribution in [-0.4, -0.2) is 51.1 Å². The van der Waals surface area contributed by atoms with Crippen molar-refractivity contribution in [2.45, 2.75) is 66.1 Å². The van der Waals surface area contributed by atoms with Gasteiger partial charge in [-0.2, -0.15) is 0 Å². The zero-order chi connectivity index (χ0) is 17.4. The van der Waals surface area contributed by atoms with Crippen LogP contribution in [0.1, 0.15) is 53.9 Å². The largest absolute Gasteiger partial charge is 0.466 e. The van der Waals surface area contributed by atoms with Crippen LogP contribution < -0.4 is 0 Å². The van der Waals surface area contributed by atoms with Gasteiger partial charge in [-0.05, 0) is 20.3 Å². The summed E-state index contributed by atoms with van der Waals surface area (Å²) >= 11 is 0. The average Bonchev–Trinajstić information content (AvgIpc) is 2.43. The first kappa shape index (κ1) is 23.1. The molecule has 0 aromatic heterocycles. The van der Waals surface area contributed by atoms with E-state index in [-0.39, 0.29) is 24.1 Å². The molecule has 2 atom stereocenters. The zero-order valence-corrected chi connectivity index (χ0v) is 14.8. The Bertz CT molecular complexity index is 280. The molecule has 22 heavy (non-hydrogen) atoms. The van der Waals surface area contributed by atoms with Crippen molar-refractivity contribution in [1.29, 1.82) is 0 Å². The molecule has 0 aromatic rings. The Morgan fingerprint density at radius 1 is 1.00 bits per heavy atom. The van der Waals surface area contributed by atoms with E-state index >= 15 is 0 Å². The van der Waals surface area contributed by atoms with Gasteiger partial charge in [-0.3, -0.25) is 9.59 Å². The first-order valence-electron chi connectivity index (χ1n) is 7.74. The first-order chi connectivity index (χ1) is 10.3. The van der Waals surface area contributed by atoms with Crippen molar-refractivity contribution in [1.82, 2.24) is 0 Å². The molecule has 0 aliphatic heterocycles. The van der Waals surface area contributed by atoms with Crippen molar-refractivity contribution >= 4 is 11.9 Å². The van der Waals surface area contributed by atoms with E-state index in [1.165, 1.54) is 13.8 Å². The van der Waals surface area contributed by atoms with Crippen molar-refractivity contribution in [2.75, 3.05) is 26.9 Å². The van der Waals surface area contributed by atoms with Gasteiger partial charge in [0.25, 0.3) is 0 Å². The number of hydrogen-bond donors (Lipinski definition) is 0. The van der Waals surface area contributed by atoms with Gasteiger partial charge >= 0.3 is 11.9 Å². The molecule has 0 aromatic carbocycles. The van der Waals surface area contributed by atoms with Gasteiger partial charge in [0, 0.05) is 34.0 Å². The molecule has 6 nitrogen and oxygen atoms in total. The van der Waals surface area contributed by atoms with Crippen LogP contribution in [0.2, 0.25) is 0 Å². The summed E-state index contributed by atoms with van der Waals surface area (Å²) in [6, 6.07) is 0. The summed E-state index contributed by atoms with van der Waals surface area (Å²) in [6.45, 7) is 10.4. The van der Waals surface area contributed by atoms with Crippen LogP contribution in [0.15, 0.2) is 0 Å². The minimum absolute atomic E-state index is 0.126. The lowest BCUT2D eigenvalue weighted by molar-refractivity contribution is -0.148. The van der Waals surface area contributed by atoms with Crippen molar-refractivity contribution in [3.8, 4) is 0 Å². The summed E-state index contributed by atoms with van der Waals surface area (Å²) in [7, 11) is 1.64. The highest BCUT2D eigenvalue weighted by Gasteiger charge is 2.04. The molecular formula is C16H32O6. The average molecular weight is 320 g/mol. The van der Waals surface area contributed by atoms with E-state index in [1.54, 1.807) is 7.11 Å². The molecule has 0 N–H and O–H groups in total. The second kappa shape index (κ2) is 16.2. The monoisotopic (exact) mass is 320 g/mol. The van der Waals surface area contributed by atoms with Gasteiger partial charge in [0.05, 0.1) is 19.3 Å². The standard InChI is InChI=1S/C9H18O3.C7H14O3/c1-4-5-6-11-7-8(2)12-9(3)10;1-6(9-3)4-5-10-7(2)8/h8H,4-7H2,1-3H3;6H,4-5H2,1-3H3. The SMILES string of the molecule is CCCCOCC(C)OC(C)=O.COC(C)CCOC(C)=O. The second-order valence-corrected chi connectivity index (χ2v) is 5.02. The van der Waals surface area contributed by atoms with Crippen molar-refractivity contribution in [3.63, 3.8) is 0 Å². The fourth-order valence-corrected chi connectivity index (χ4v) is 1.30. The van der Waals surface area contributed by atoms with E-state index in [9.17, 15) is 9.59 Å². The second-order valence-electron chi connectivity index (χ2n) is 5.02. The van der Waals surface area contributed by atoms with Crippen LogP contribution in [0.3, 0.4) is 0 Å². The van der Waals surface area contributed by atoms with Gasteiger partial charge in [0.2, 0.25) is 0 Å². The van der Waals surface area contributed by atoms with E-state index in [2.05, 4.69) is 6.92 Å². The third-order valence-electron chi connectivity index (χ3n) is 2.59. The number of carbonyl (C=O) groups excluding carboxylic acids is 2. The van der Waals surface area contributed by atoms with Crippen LogP contribution >= 0.6 is 0 Å². The highest BCUT2D eigenvalue weighted by molar-refractivity contribution is 5.66. The number of hydrogen-bond acceptors (Lipinski definition) is 6. The van der Waals surface area contributed by atoms with Crippen LogP contribution in [0.25, 0.3) is 0 Å². The molecule has 6 heteroatoms.